The number of hydrogen-bond donors (Lipinski definition) is 1. The van der Waals surface area contributed by atoms with Crippen LogP contribution in [0.3, 0.4) is 0 Å². The average molecular weight is 521 g/mol. The third-order valence-corrected chi connectivity index (χ3v) is 7.96. The lowest BCUT2D eigenvalue weighted by molar-refractivity contribution is 0.275. The molecule has 0 aliphatic carbocycles. The number of sulfonamides is 1. The molecule has 194 valence electrons. The van der Waals surface area contributed by atoms with Gasteiger partial charge < -0.3 is 19.7 Å². The van der Waals surface area contributed by atoms with Gasteiger partial charge in [0.1, 0.15) is 11.5 Å². The van der Waals surface area contributed by atoms with Crippen molar-refractivity contribution >= 4 is 44.2 Å². The van der Waals surface area contributed by atoms with E-state index in [-0.39, 0.29) is 0 Å². The molecular formula is C26H32N8O2S. The van der Waals surface area contributed by atoms with Crippen molar-refractivity contribution in [1.82, 2.24) is 24.4 Å². The number of pyridine rings is 1. The van der Waals surface area contributed by atoms with Gasteiger partial charge in [0.25, 0.3) is 0 Å². The molecule has 37 heavy (non-hydrogen) atoms. The number of rotatable bonds is 7. The minimum absolute atomic E-state index is 0.397. The first-order chi connectivity index (χ1) is 17.7. The Morgan fingerprint density at radius 3 is 2.62 bits per heavy atom. The largest absolute Gasteiger partial charge is 0.366 e. The van der Waals surface area contributed by atoms with Crippen LogP contribution in [-0.2, 0) is 16.6 Å². The van der Waals surface area contributed by atoms with Crippen LogP contribution in [0.1, 0.15) is 12.5 Å². The maximum Gasteiger partial charge on any atom is 0.233 e. The van der Waals surface area contributed by atoms with Crippen LogP contribution in [0, 0.1) is 0 Å². The predicted molar refractivity (Wildman–Crippen MR) is 148 cm³/mol. The summed E-state index contributed by atoms with van der Waals surface area (Å²) in [4.78, 5) is 18.3. The Bertz CT molecular complexity index is 1500. The van der Waals surface area contributed by atoms with E-state index in [9.17, 15) is 8.42 Å². The molecule has 1 atom stereocenters. The third-order valence-electron chi connectivity index (χ3n) is 6.79. The van der Waals surface area contributed by atoms with Crippen molar-refractivity contribution in [3.8, 4) is 0 Å². The van der Waals surface area contributed by atoms with Crippen LogP contribution in [0.5, 0.6) is 0 Å². The zero-order valence-electron chi connectivity index (χ0n) is 21.5. The van der Waals surface area contributed by atoms with E-state index < -0.39 is 10.0 Å². The van der Waals surface area contributed by atoms with E-state index in [0.717, 1.165) is 41.9 Å². The van der Waals surface area contributed by atoms with Crippen molar-refractivity contribution in [2.45, 2.75) is 19.5 Å². The number of benzene rings is 1. The van der Waals surface area contributed by atoms with Gasteiger partial charge in [-0.2, -0.15) is 4.98 Å². The van der Waals surface area contributed by atoms with Gasteiger partial charge in [0, 0.05) is 73.6 Å². The predicted octanol–water partition coefficient (Wildman–Crippen LogP) is 3.15. The maximum atomic E-state index is 12.1. The highest BCUT2D eigenvalue weighted by Gasteiger charge is 2.21. The van der Waals surface area contributed by atoms with Crippen LogP contribution in [-0.4, -0.2) is 78.9 Å². The molecule has 4 heterocycles. The number of piperazine rings is 1. The summed E-state index contributed by atoms with van der Waals surface area (Å²) in [6.45, 7) is 5.80. The van der Waals surface area contributed by atoms with Gasteiger partial charge in [-0.15, -0.1) is 0 Å². The van der Waals surface area contributed by atoms with Crippen molar-refractivity contribution in [2.24, 2.45) is 0 Å². The monoisotopic (exact) mass is 520 g/mol. The Morgan fingerprint density at radius 2 is 1.89 bits per heavy atom. The topological polar surface area (TPSA) is 99.5 Å². The van der Waals surface area contributed by atoms with Crippen LogP contribution in [0.4, 0.5) is 23.1 Å². The number of nitrogens with one attached hydrogen (secondary N) is 1. The lowest BCUT2D eigenvalue weighted by atomic mass is 10.1. The molecule has 0 radical (unpaired) electrons. The molecule has 1 aromatic carbocycles. The Morgan fingerprint density at radius 1 is 1.11 bits per heavy atom. The summed E-state index contributed by atoms with van der Waals surface area (Å²) in [6, 6.07) is 14.5. The highest BCUT2D eigenvalue weighted by Crippen LogP contribution is 2.25. The summed E-state index contributed by atoms with van der Waals surface area (Å²) in [5.74, 6) is 0.891. The Kier molecular flexibility index (Phi) is 6.74. The molecule has 10 nitrogen and oxygen atoms in total. The summed E-state index contributed by atoms with van der Waals surface area (Å²) >= 11 is 0. The SMILES string of the molecule is CC1CN(C)CCN1c1ccc(Nc2ncc3ccn(Cc4cccnc4N(C)S(C)(=O)=O)c3n2)cc1. The molecule has 0 bridgehead atoms. The molecule has 11 heteroatoms. The standard InChI is InChI=1S/C26H32N8O2S/c1-19-17-31(2)14-15-34(19)23-9-7-22(8-10-23)29-26-28-16-20-11-13-33(25(20)30-26)18-21-6-5-12-27-24(21)32(3)37(4,35)36/h5-13,16,19H,14-15,17-18H2,1-4H3,(H,28,29,30). The fraction of sp³-hybridized carbons (Fsp3) is 0.346. The lowest BCUT2D eigenvalue weighted by Crippen LogP contribution is -2.50. The van der Waals surface area contributed by atoms with Crippen LogP contribution >= 0.6 is 0 Å². The van der Waals surface area contributed by atoms with Crippen LogP contribution in [0.25, 0.3) is 11.0 Å². The zero-order chi connectivity index (χ0) is 26.2. The van der Waals surface area contributed by atoms with Crippen LogP contribution in [0.15, 0.2) is 61.1 Å². The zero-order valence-corrected chi connectivity index (χ0v) is 22.4. The lowest BCUT2D eigenvalue weighted by Gasteiger charge is -2.39. The van der Waals surface area contributed by atoms with Crippen molar-refractivity contribution in [3.63, 3.8) is 0 Å². The molecule has 4 aromatic rings. The summed E-state index contributed by atoms with van der Waals surface area (Å²) < 4.78 is 27.4. The molecule has 1 aliphatic heterocycles. The molecule has 3 aromatic heterocycles. The normalized spacial score (nSPS) is 16.8. The highest BCUT2D eigenvalue weighted by molar-refractivity contribution is 7.92. The fourth-order valence-corrected chi connectivity index (χ4v) is 5.20. The fourth-order valence-electron chi connectivity index (χ4n) is 4.72. The third kappa shape index (κ3) is 5.37. The Labute approximate surface area is 217 Å². The van der Waals surface area contributed by atoms with Crippen molar-refractivity contribution in [1.29, 1.82) is 0 Å². The van der Waals surface area contributed by atoms with Crippen molar-refractivity contribution in [2.75, 3.05) is 54.5 Å². The van der Waals surface area contributed by atoms with Gasteiger partial charge in [-0.3, -0.25) is 4.31 Å². The van der Waals surface area contributed by atoms with Crippen LogP contribution < -0.4 is 14.5 Å². The molecule has 0 spiro atoms. The number of anilines is 4. The first-order valence-electron chi connectivity index (χ1n) is 12.2. The molecule has 1 saturated heterocycles. The van der Waals surface area contributed by atoms with Gasteiger partial charge in [-0.05, 0) is 50.4 Å². The van der Waals surface area contributed by atoms with E-state index in [0.29, 0.717) is 24.4 Å². The summed E-state index contributed by atoms with van der Waals surface area (Å²) in [6.07, 6.45) is 6.47. The molecule has 1 fully saturated rings. The van der Waals surface area contributed by atoms with Crippen molar-refractivity contribution < 1.29 is 8.42 Å². The average Bonchev–Trinajstić information content (AvgIpc) is 3.26. The Balaban J connectivity index is 1.36. The number of likely N-dealkylation sites (N-methyl/N-ethyl adjacent to an activating group) is 1. The molecule has 1 aliphatic rings. The molecule has 1 unspecified atom stereocenters. The molecule has 1 N–H and O–H groups in total. The molecule has 0 amide bonds. The number of nitrogens with zero attached hydrogens (tertiary/aromatic N) is 7. The van der Waals surface area contributed by atoms with E-state index in [1.54, 1.807) is 18.5 Å². The van der Waals surface area contributed by atoms with Gasteiger partial charge in [0.15, 0.2) is 0 Å². The first kappa shape index (κ1) is 25.0. The second-order valence-electron chi connectivity index (χ2n) is 9.61. The van der Waals surface area contributed by atoms with Gasteiger partial charge in [0.2, 0.25) is 16.0 Å². The highest BCUT2D eigenvalue weighted by atomic mass is 32.2. The minimum atomic E-state index is -3.44. The molecular weight excluding hydrogens is 488 g/mol. The quantitative estimate of drug-likeness (QED) is 0.397. The van der Waals surface area contributed by atoms with Crippen LogP contribution in [0.2, 0.25) is 0 Å². The number of aromatic nitrogens is 4. The van der Waals surface area contributed by atoms with Gasteiger partial charge >= 0.3 is 0 Å². The van der Waals surface area contributed by atoms with Crippen molar-refractivity contribution in [3.05, 3.63) is 66.6 Å². The second kappa shape index (κ2) is 9.98. The maximum absolute atomic E-state index is 12.1. The Hall–Kier alpha value is -3.70. The molecule has 5 rings (SSSR count). The van der Waals surface area contributed by atoms with Gasteiger partial charge in [-0.1, -0.05) is 6.07 Å². The number of fused-ring (bicyclic) bond motifs is 1. The smallest absolute Gasteiger partial charge is 0.233 e. The molecule has 0 saturated carbocycles. The first-order valence-corrected chi connectivity index (χ1v) is 14.1. The summed E-state index contributed by atoms with van der Waals surface area (Å²) in [7, 11) is 0.237. The van der Waals surface area contributed by atoms with E-state index in [1.165, 1.54) is 23.3 Å². The van der Waals surface area contributed by atoms with Gasteiger partial charge in [0.05, 0.1) is 12.8 Å². The van der Waals surface area contributed by atoms with E-state index >= 15 is 0 Å². The van der Waals surface area contributed by atoms with E-state index in [4.69, 9.17) is 4.98 Å². The van der Waals surface area contributed by atoms with Gasteiger partial charge in [-0.25, -0.2) is 18.4 Å². The second-order valence-corrected chi connectivity index (χ2v) is 11.6. The van der Waals surface area contributed by atoms with E-state index in [1.807, 2.05) is 22.9 Å². The summed E-state index contributed by atoms with van der Waals surface area (Å²) in [5.41, 5.74) is 3.64. The minimum Gasteiger partial charge on any atom is -0.366 e. The van der Waals surface area contributed by atoms with E-state index in [2.05, 4.69) is 63.3 Å². The summed E-state index contributed by atoms with van der Waals surface area (Å²) in [5, 5.41) is 4.21. The number of hydrogen-bond acceptors (Lipinski definition) is 8.